The topological polar surface area (TPSA) is 65.1 Å². The third-order valence-electron chi connectivity index (χ3n) is 4.77. The smallest absolute Gasteiger partial charge is 0.406 e. The second-order valence-corrected chi connectivity index (χ2v) is 7.34. The molecule has 1 aromatic carbocycles. The first-order chi connectivity index (χ1) is 14.2. The maximum absolute atomic E-state index is 12.3. The van der Waals surface area contributed by atoms with Crippen molar-refractivity contribution >= 4 is 11.8 Å². The first-order valence-corrected chi connectivity index (χ1v) is 9.96. The summed E-state index contributed by atoms with van der Waals surface area (Å²) in [6.45, 7) is 6.39. The Morgan fingerprint density at radius 2 is 1.70 bits per heavy atom. The number of amides is 2. The number of likely N-dealkylation sites (N-methyl/N-ethyl adjacent to an activating group) is 1. The van der Waals surface area contributed by atoms with Gasteiger partial charge < -0.3 is 15.0 Å². The number of carbonyl (C=O) groups is 2. The molecule has 1 fully saturated rings. The Morgan fingerprint density at radius 3 is 2.27 bits per heavy atom. The Kier molecular flexibility index (Phi) is 8.91. The van der Waals surface area contributed by atoms with Crippen molar-refractivity contribution in [1.82, 2.24) is 20.0 Å². The van der Waals surface area contributed by atoms with Gasteiger partial charge in [0, 0.05) is 46.3 Å². The lowest BCUT2D eigenvalue weighted by molar-refractivity contribution is -0.274. The Balaban J connectivity index is 1.71. The van der Waals surface area contributed by atoms with Gasteiger partial charge in [-0.05, 0) is 24.1 Å². The van der Waals surface area contributed by atoms with Crippen molar-refractivity contribution in [3.63, 3.8) is 0 Å². The predicted octanol–water partition coefficient (Wildman–Crippen LogP) is 1.69. The van der Waals surface area contributed by atoms with Crippen LogP contribution in [-0.4, -0.2) is 85.7 Å². The number of rotatable bonds is 9. The van der Waals surface area contributed by atoms with E-state index >= 15 is 0 Å². The summed E-state index contributed by atoms with van der Waals surface area (Å²) in [6.07, 6.45) is -3.85. The van der Waals surface area contributed by atoms with Gasteiger partial charge >= 0.3 is 6.36 Å². The molecule has 1 aromatic rings. The third-order valence-corrected chi connectivity index (χ3v) is 4.77. The van der Waals surface area contributed by atoms with E-state index in [-0.39, 0.29) is 30.7 Å². The number of carbonyl (C=O) groups excluding carboxylic acids is 2. The lowest BCUT2D eigenvalue weighted by Gasteiger charge is -2.35. The molecule has 2 amide bonds. The average molecular weight is 430 g/mol. The van der Waals surface area contributed by atoms with Crippen molar-refractivity contribution in [3.05, 3.63) is 29.8 Å². The Morgan fingerprint density at radius 1 is 1.10 bits per heavy atom. The Labute approximate surface area is 174 Å². The first-order valence-electron chi connectivity index (χ1n) is 9.96. The molecule has 0 aliphatic carbocycles. The summed E-state index contributed by atoms with van der Waals surface area (Å²) in [5, 5.41) is 2.75. The van der Waals surface area contributed by atoms with Gasteiger partial charge in [-0.15, -0.1) is 13.2 Å². The number of hydrogen-bond acceptors (Lipinski definition) is 5. The second-order valence-electron chi connectivity index (χ2n) is 7.34. The van der Waals surface area contributed by atoms with Gasteiger partial charge in [0.2, 0.25) is 11.8 Å². The molecular weight excluding hydrogens is 401 g/mol. The molecule has 0 radical (unpaired) electrons. The van der Waals surface area contributed by atoms with Crippen LogP contribution in [0.3, 0.4) is 0 Å². The van der Waals surface area contributed by atoms with E-state index in [1.54, 1.807) is 19.2 Å². The third kappa shape index (κ3) is 8.58. The monoisotopic (exact) mass is 430 g/mol. The summed E-state index contributed by atoms with van der Waals surface area (Å²) in [6, 6.07) is 5.86. The highest BCUT2D eigenvalue weighted by Gasteiger charge is 2.31. The van der Waals surface area contributed by atoms with Crippen molar-refractivity contribution in [2.75, 3.05) is 52.9 Å². The largest absolute Gasteiger partial charge is 0.573 e. The zero-order chi connectivity index (χ0) is 22.1. The van der Waals surface area contributed by atoms with Crippen LogP contribution in [0, 0.1) is 0 Å². The molecule has 0 atom stereocenters. The summed E-state index contributed by atoms with van der Waals surface area (Å²) >= 11 is 0. The molecular formula is C20H29F3N4O3. The molecule has 7 nitrogen and oxygen atoms in total. The highest BCUT2D eigenvalue weighted by atomic mass is 19.4. The lowest BCUT2D eigenvalue weighted by atomic mass is 10.2. The minimum absolute atomic E-state index is 0.0485. The maximum atomic E-state index is 12.3. The van der Waals surface area contributed by atoms with Gasteiger partial charge in [-0.3, -0.25) is 19.4 Å². The quantitative estimate of drug-likeness (QED) is 0.646. The maximum Gasteiger partial charge on any atom is 0.573 e. The molecule has 1 N–H and O–H groups in total. The van der Waals surface area contributed by atoms with Gasteiger partial charge in [-0.25, -0.2) is 0 Å². The summed E-state index contributed by atoms with van der Waals surface area (Å²) in [4.78, 5) is 29.7. The number of halogens is 3. The zero-order valence-corrected chi connectivity index (χ0v) is 17.4. The average Bonchev–Trinajstić information content (AvgIpc) is 2.68. The van der Waals surface area contributed by atoms with Crippen LogP contribution in [0.2, 0.25) is 0 Å². The van der Waals surface area contributed by atoms with E-state index in [1.165, 1.54) is 17.0 Å². The molecule has 0 spiro atoms. The van der Waals surface area contributed by atoms with Crippen molar-refractivity contribution < 1.29 is 27.5 Å². The van der Waals surface area contributed by atoms with Crippen LogP contribution < -0.4 is 10.1 Å². The molecule has 1 heterocycles. The number of piperazine rings is 1. The van der Waals surface area contributed by atoms with E-state index in [4.69, 9.17) is 0 Å². The van der Waals surface area contributed by atoms with Crippen LogP contribution in [0.4, 0.5) is 13.2 Å². The molecule has 0 bridgehead atoms. The molecule has 1 saturated heterocycles. The van der Waals surface area contributed by atoms with E-state index in [0.29, 0.717) is 26.2 Å². The molecule has 0 saturated carbocycles. The van der Waals surface area contributed by atoms with Gasteiger partial charge in [0.15, 0.2) is 0 Å². The van der Waals surface area contributed by atoms with E-state index in [2.05, 4.69) is 15.0 Å². The van der Waals surface area contributed by atoms with Gasteiger partial charge in [-0.1, -0.05) is 19.1 Å². The van der Waals surface area contributed by atoms with Crippen LogP contribution in [0.1, 0.15) is 18.9 Å². The SMILES string of the molecule is CCCNC(=O)CN(C)C(=O)CN1CCN(Cc2ccc(OC(F)(F)F)cc2)CC1. The van der Waals surface area contributed by atoms with E-state index in [0.717, 1.165) is 25.1 Å². The number of alkyl halides is 3. The van der Waals surface area contributed by atoms with Gasteiger partial charge in [0.1, 0.15) is 5.75 Å². The molecule has 1 aliphatic rings. The summed E-state index contributed by atoms with van der Waals surface area (Å²) < 4.78 is 40.5. The fraction of sp³-hybridized carbons (Fsp3) is 0.600. The van der Waals surface area contributed by atoms with E-state index in [9.17, 15) is 22.8 Å². The van der Waals surface area contributed by atoms with Crippen LogP contribution in [0.5, 0.6) is 5.75 Å². The summed E-state index contributed by atoms with van der Waals surface area (Å²) in [7, 11) is 1.62. The van der Waals surface area contributed by atoms with Crippen molar-refractivity contribution in [2.45, 2.75) is 26.3 Å². The summed E-state index contributed by atoms with van der Waals surface area (Å²) in [5.41, 5.74) is 0.895. The molecule has 0 unspecified atom stereocenters. The van der Waals surface area contributed by atoms with Crippen LogP contribution in [0.15, 0.2) is 24.3 Å². The lowest BCUT2D eigenvalue weighted by Crippen LogP contribution is -2.50. The predicted molar refractivity (Wildman–Crippen MR) is 106 cm³/mol. The molecule has 168 valence electrons. The minimum atomic E-state index is -4.69. The number of benzene rings is 1. The number of ether oxygens (including phenoxy) is 1. The highest BCUT2D eigenvalue weighted by Crippen LogP contribution is 2.23. The second kappa shape index (κ2) is 11.2. The van der Waals surface area contributed by atoms with Crippen molar-refractivity contribution in [3.8, 4) is 5.75 Å². The molecule has 2 rings (SSSR count). The fourth-order valence-corrected chi connectivity index (χ4v) is 3.10. The van der Waals surface area contributed by atoms with Crippen LogP contribution in [0.25, 0.3) is 0 Å². The van der Waals surface area contributed by atoms with E-state index < -0.39 is 6.36 Å². The highest BCUT2D eigenvalue weighted by molar-refractivity contribution is 5.85. The van der Waals surface area contributed by atoms with Crippen LogP contribution >= 0.6 is 0 Å². The number of nitrogens with zero attached hydrogens (tertiary/aromatic N) is 3. The molecule has 30 heavy (non-hydrogen) atoms. The van der Waals surface area contributed by atoms with Gasteiger partial charge in [0.25, 0.3) is 0 Å². The first kappa shape index (κ1) is 23.9. The van der Waals surface area contributed by atoms with Crippen molar-refractivity contribution in [1.29, 1.82) is 0 Å². The van der Waals surface area contributed by atoms with Crippen LogP contribution in [-0.2, 0) is 16.1 Å². The van der Waals surface area contributed by atoms with Gasteiger partial charge in [0.05, 0.1) is 13.1 Å². The van der Waals surface area contributed by atoms with Crippen molar-refractivity contribution in [2.24, 2.45) is 0 Å². The van der Waals surface area contributed by atoms with Gasteiger partial charge in [-0.2, -0.15) is 0 Å². The Bertz CT molecular complexity index is 690. The fourth-order valence-electron chi connectivity index (χ4n) is 3.10. The Hall–Kier alpha value is -2.33. The number of hydrogen-bond donors (Lipinski definition) is 1. The van der Waals surface area contributed by atoms with E-state index in [1.807, 2.05) is 11.8 Å². The minimum Gasteiger partial charge on any atom is -0.406 e. The number of nitrogens with one attached hydrogen (secondary N) is 1. The standard InChI is InChI=1S/C20H29F3N4O3/c1-3-8-24-18(28)14-25(2)19(29)15-27-11-9-26(10-12-27)13-16-4-6-17(7-5-16)30-20(21,22)23/h4-7H,3,8-15H2,1-2H3,(H,24,28). The normalized spacial score (nSPS) is 15.6. The zero-order valence-electron chi connectivity index (χ0n) is 17.4. The molecule has 0 aromatic heterocycles. The molecule has 1 aliphatic heterocycles. The molecule has 10 heteroatoms. The summed E-state index contributed by atoms with van der Waals surface area (Å²) in [5.74, 6) is -0.499.